The van der Waals surface area contributed by atoms with Gasteiger partial charge in [0.15, 0.2) is 6.17 Å². The molecule has 2 aromatic carbocycles. The normalized spacial score (nSPS) is 15.8. The van der Waals surface area contributed by atoms with Crippen molar-refractivity contribution in [3.05, 3.63) is 75.0 Å². The molecule has 0 saturated heterocycles. The molecule has 0 fully saturated rings. The van der Waals surface area contributed by atoms with Crippen LogP contribution in [-0.4, -0.2) is 33.1 Å². The Balaban J connectivity index is 1.71. The van der Waals surface area contributed by atoms with Crippen molar-refractivity contribution in [1.29, 1.82) is 0 Å². The molecule has 1 atom stereocenters. The van der Waals surface area contributed by atoms with E-state index in [1.165, 1.54) is 0 Å². The van der Waals surface area contributed by atoms with E-state index < -0.39 is 12.1 Å². The number of methoxy groups -OCH3 is 1. The van der Waals surface area contributed by atoms with Gasteiger partial charge in [0, 0.05) is 11.3 Å². The molecule has 1 amide bonds. The molecule has 4 rings (SSSR count). The molecule has 0 saturated carbocycles. The van der Waals surface area contributed by atoms with Crippen molar-refractivity contribution in [2.45, 2.75) is 26.6 Å². The van der Waals surface area contributed by atoms with Gasteiger partial charge in [0.1, 0.15) is 5.75 Å². The SMILES string of the molecule is COc1ccc(C2Nc3ccccc3C(=O)N2O)cc1Cn1nc(C)c(Br)c1C. The number of ether oxygens (including phenoxy) is 1. The van der Waals surface area contributed by atoms with Crippen molar-refractivity contribution >= 4 is 27.5 Å². The highest BCUT2D eigenvalue weighted by atomic mass is 79.9. The molecule has 1 unspecified atom stereocenters. The fraction of sp³-hybridized carbons (Fsp3) is 0.238. The van der Waals surface area contributed by atoms with Gasteiger partial charge in [-0.05, 0) is 59.6 Å². The van der Waals surface area contributed by atoms with Crippen molar-refractivity contribution < 1.29 is 14.7 Å². The summed E-state index contributed by atoms with van der Waals surface area (Å²) in [4.78, 5) is 12.6. The average Bonchev–Trinajstić information content (AvgIpc) is 2.97. The summed E-state index contributed by atoms with van der Waals surface area (Å²) in [6.07, 6.45) is -0.700. The zero-order valence-corrected chi connectivity index (χ0v) is 17.9. The number of aromatic nitrogens is 2. The minimum absolute atomic E-state index is 0.437. The van der Waals surface area contributed by atoms with Crippen molar-refractivity contribution in [2.75, 3.05) is 12.4 Å². The molecule has 1 aromatic heterocycles. The Labute approximate surface area is 177 Å². The van der Waals surface area contributed by atoms with E-state index in [9.17, 15) is 10.0 Å². The summed E-state index contributed by atoms with van der Waals surface area (Å²) in [7, 11) is 1.62. The molecule has 2 heterocycles. The van der Waals surface area contributed by atoms with E-state index in [-0.39, 0.29) is 0 Å². The third-order valence-electron chi connectivity index (χ3n) is 5.14. The van der Waals surface area contributed by atoms with Gasteiger partial charge in [0.2, 0.25) is 0 Å². The number of nitrogens with one attached hydrogen (secondary N) is 1. The Morgan fingerprint density at radius 1 is 1.24 bits per heavy atom. The van der Waals surface area contributed by atoms with Gasteiger partial charge < -0.3 is 10.1 Å². The number of nitrogens with zero attached hydrogens (tertiary/aromatic N) is 3. The lowest BCUT2D eigenvalue weighted by atomic mass is 10.0. The molecular weight excluding hydrogens is 436 g/mol. The number of carbonyl (C=O) groups is 1. The number of carbonyl (C=O) groups excluding carboxylic acids is 1. The van der Waals surface area contributed by atoms with Gasteiger partial charge in [0.25, 0.3) is 5.91 Å². The van der Waals surface area contributed by atoms with Crippen LogP contribution in [0.4, 0.5) is 5.69 Å². The average molecular weight is 457 g/mol. The minimum Gasteiger partial charge on any atom is -0.496 e. The Hall–Kier alpha value is -2.84. The van der Waals surface area contributed by atoms with Crippen LogP contribution < -0.4 is 10.1 Å². The summed E-state index contributed by atoms with van der Waals surface area (Å²) < 4.78 is 8.40. The first-order valence-corrected chi connectivity index (χ1v) is 9.94. The first kappa shape index (κ1) is 19.5. The highest BCUT2D eigenvalue weighted by Crippen LogP contribution is 2.34. The number of hydroxylamine groups is 2. The van der Waals surface area contributed by atoms with Crippen LogP contribution >= 0.6 is 15.9 Å². The van der Waals surface area contributed by atoms with Crippen molar-refractivity contribution in [3.63, 3.8) is 0 Å². The van der Waals surface area contributed by atoms with Crippen molar-refractivity contribution in [3.8, 4) is 5.75 Å². The fourth-order valence-electron chi connectivity index (χ4n) is 3.55. The van der Waals surface area contributed by atoms with Crippen LogP contribution in [0.2, 0.25) is 0 Å². The van der Waals surface area contributed by atoms with E-state index in [2.05, 4.69) is 26.3 Å². The molecule has 150 valence electrons. The zero-order chi connectivity index (χ0) is 20.7. The summed E-state index contributed by atoms with van der Waals surface area (Å²) in [5.74, 6) is 0.272. The van der Waals surface area contributed by atoms with E-state index in [4.69, 9.17) is 4.74 Å². The number of para-hydroxylation sites is 1. The highest BCUT2D eigenvalue weighted by Gasteiger charge is 2.32. The van der Waals surface area contributed by atoms with Gasteiger partial charge >= 0.3 is 0 Å². The van der Waals surface area contributed by atoms with Crippen LogP contribution in [0, 0.1) is 13.8 Å². The quantitative estimate of drug-likeness (QED) is 0.572. The number of rotatable bonds is 4. The molecule has 3 aromatic rings. The number of halogens is 1. The molecule has 2 N–H and O–H groups in total. The number of anilines is 1. The van der Waals surface area contributed by atoms with Crippen LogP contribution in [0.3, 0.4) is 0 Å². The summed E-state index contributed by atoms with van der Waals surface area (Å²) in [6, 6.07) is 12.7. The second-order valence-electron chi connectivity index (χ2n) is 6.96. The maximum atomic E-state index is 12.6. The standard InChI is InChI=1S/C21H21BrN4O3/c1-12-19(22)13(2)25(24-12)11-15-10-14(8-9-18(15)29-3)20-23-17-7-5-4-6-16(17)21(27)26(20)28/h4-10,20,23,28H,11H2,1-3H3. The predicted molar refractivity (Wildman–Crippen MR) is 112 cm³/mol. The molecule has 0 bridgehead atoms. The van der Waals surface area contributed by atoms with E-state index in [0.29, 0.717) is 23.5 Å². The molecule has 0 radical (unpaired) electrons. The number of hydrogen-bond acceptors (Lipinski definition) is 5. The Bertz CT molecular complexity index is 1100. The number of fused-ring (bicyclic) bond motifs is 1. The first-order chi connectivity index (χ1) is 13.9. The molecule has 7 nitrogen and oxygen atoms in total. The van der Waals surface area contributed by atoms with Gasteiger partial charge in [-0.3, -0.25) is 14.7 Å². The van der Waals surface area contributed by atoms with Gasteiger partial charge in [-0.2, -0.15) is 10.2 Å². The topological polar surface area (TPSA) is 79.6 Å². The lowest BCUT2D eigenvalue weighted by molar-refractivity contribution is -0.0851. The number of aryl methyl sites for hydroxylation is 1. The van der Waals surface area contributed by atoms with Crippen LogP contribution in [0.15, 0.2) is 46.9 Å². The number of benzene rings is 2. The smallest absolute Gasteiger partial charge is 0.281 e. The van der Waals surface area contributed by atoms with E-state index in [1.807, 2.05) is 48.9 Å². The predicted octanol–water partition coefficient (Wildman–Crippen LogP) is 4.28. The zero-order valence-electron chi connectivity index (χ0n) is 16.3. The number of amides is 1. The van der Waals surface area contributed by atoms with Crippen LogP contribution in [0.5, 0.6) is 5.75 Å². The third kappa shape index (κ3) is 3.38. The maximum Gasteiger partial charge on any atom is 0.281 e. The Morgan fingerprint density at radius 3 is 2.69 bits per heavy atom. The Morgan fingerprint density at radius 2 is 2.00 bits per heavy atom. The second-order valence-corrected chi connectivity index (χ2v) is 7.75. The molecular formula is C21H21BrN4O3. The minimum atomic E-state index is -0.700. The van der Waals surface area contributed by atoms with Crippen molar-refractivity contribution in [2.24, 2.45) is 0 Å². The lowest BCUT2D eigenvalue weighted by Crippen LogP contribution is -2.40. The molecule has 1 aliphatic rings. The molecule has 0 aliphatic carbocycles. The van der Waals surface area contributed by atoms with Gasteiger partial charge in [-0.15, -0.1) is 0 Å². The van der Waals surface area contributed by atoms with Gasteiger partial charge in [0.05, 0.1) is 35.1 Å². The lowest BCUT2D eigenvalue weighted by Gasteiger charge is -2.33. The number of hydrogen-bond donors (Lipinski definition) is 2. The second kappa shape index (κ2) is 7.53. The largest absolute Gasteiger partial charge is 0.496 e. The van der Waals surface area contributed by atoms with Crippen LogP contribution in [0.25, 0.3) is 0 Å². The summed E-state index contributed by atoms with van der Waals surface area (Å²) in [5, 5.41) is 19.0. The van der Waals surface area contributed by atoms with E-state index >= 15 is 0 Å². The van der Waals surface area contributed by atoms with E-state index in [1.54, 1.807) is 19.2 Å². The summed E-state index contributed by atoms with van der Waals surface area (Å²) >= 11 is 3.55. The monoisotopic (exact) mass is 456 g/mol. The molecule has 8 heteroatoms. The van der Waals surface area contributed by atoms with Gasteiger partial charge in [-0.1, -0.05) is 18.2 Å². The highest BCUT2D eigenvalue weighted by molar-refractivity contribution is 9.10. The maximum absolute atomic E-state index is 12.6. The molecule has 29 heavy (non-hydrogen) atoms. The first-order valence-electron chi connectivity index (χ1n) is 9.15. The summed E-state index contributed by atoms with van der Waals surface area (Å²) in [5.41, 5.74) is 4.69. The van der Waals surface area contributed by atoms with Crippen molar-refractivity contribution in [1.82, 2.24) is 14.8 Å². The molecule has 0 spiro atoms. The Kier molecular flexibility index (Phi) is 5.06. The molecule has 1 aliphatic heterocycles. The van der Waals surface area contributed by atoms with Crippen LogP contribution in [-0.2, 0) is 6.54 Å². The fourth-order valence-corrected chi connectivity index (χ4v) is 3.84. The summed E-state index contributed by atoms with van der Waals surface area (Å²) in [6.45, 7) is 4.44. The van der Waals surface area contributed by atoms with Gasteiger partial charge in [-0.25, -0.2) is 0 Å². The van der Waals surface area contributed by atoms with E-state index in [0.717, 1.165) is 32.1 Å². The third-order valence-corrected chi connectivity index (χ3v) is 6.28. The van der Waals surface area contributed by atoms with Crippen LogP contribution in [0.1, 0.15) is 39.0 Å².